The van der Waals surface area contributed by atoms with Crippen LogP contribution in [0.25, 0.3) is 0 Å². The molecule has 0 bridgehead atoms. The number of carbonyl (C=O) groups excluding carboxylic acids is 1. The van der Waals surface area contributed by atoms with Gasteiger partial charge in [-0.05, 0) is 39.2 Å². The summed E-state index contributed by atoms with van der Waals surface area (Å²) in [5.74, 6) is -0.948. The monoisotopic (exact) mass is 267 g/mol. The van der Waals surface area contributed by atoms with Gasteiger partial charge in [0.05, 0.1) is 12.5 Å². The molecule has 1 amide bonds. The van der Waals surface area contributed by atoms with Crippen molar-refractivity contribution in [1.82, 2.24) is 5.32 Å². The second-order valence-corrected chi connectivity index (χ2v) is 5.51. The molecule has 0 aromatic heterocycles. The number of hydrogen-bond acceptors (Lipinski definition) is 3. The maximum absolute atomic E-state index is 11.7. The molecule has 1 atom stereocenters. The van der Waals surface area contributed by atoms with Crippen molar-refractivity contribution in [1.29, 1.82) is 0 Å². The van der Waals surface area contributed by atoms with Crippen molar-refractivity contribution in [3.05, 3.63) is 23.8 Å². The molecule has 0 spiro atoms. The van der Waals surface area contributed by atoms with E-state index in [1.807, 2.05) is 18.2 Å². The van der Waals surface area contributed by atoms with Gasteiger partial charge in [0.15, 0.2) is 0 Å². The van der Waals surface area contributed by atoms with E-state index in [9.17, 15) is 9.59 Å². The maximum atomic E-state index is 11.7. The van der Waals surface area contributed by atoms with E-state index in [4.69, 9.17) is 9.84 Å². The zero-order chi connectivity index (χ0) is 14.5. The second-order valence-electron chi connectivity index (χ2n) is 5.51. The standard InChI is InChI=1S/C14H21NO4/c1-14(2,3)19-13(18)15-11(9-12(16)17)10-7-5-4-6-8-10/h4-5,7,11H,6,8-9H2,1-3H3,(H,15,18)(H,16,17)/t11-/m1/s1. The van der Waals surface area contributed by atoms with Crippen molar-refractivity contribution in [2.24, 2.45) is 0 Å². The number of amides is 1. The third kappa shape index (κ3) is 6.08. The molecule has 0 unspecified atom stereocenters. The Balaban J connectivity index is 2.69. The number of carbonyl (C=O) groups is 2. The lowest BCUT2D eigenvalue weighted by atomic mass is 9.96. The molecule has 0 saturated heterocycles. The Morgan fingerprint density at radius 2 is 2.16 bits per heavy atom. The van der Waals surface area contributed by atoms with Crippen molar-refractivity contribution in [2.75, 3.05) is 0 Å². The van der Waals surface area contributed by atoms with E-state index in [2.05, 4.69) is 5.32 Å². The lowest BCUT2D eigenvalue weighted by molar-refractivity contribution is -0.137. The highest BCUT2D eigenvalue weighted by atomic mass is 16.6. The van der Waals surface area contributed by atoms with Gasteiger partial charge in [0, 0.05) is 0 Å². The third-order valence-electron chi connectivity index (χ3n) is 2.56. The number of carboxylic acids is 1. The van der Waals surface area contributed by atoms with E-state index in [0.29, 0.717) is 0 Å². The van der Waals surface area contributed by atoms with Gasteiger partial charge < -0.3 is 15.2 Å². The van der Waals surface area contributed by atoms with Crippen LogP contribution >= 0.6 is 0 Å². The summed E-state index contributed by atoms with van der Waals surface area (Å²) >= 11 is 0. The normalized spacial score (nSPS) is 16.5. The fourth-order valence-electron chi connectivity index (χ4n) is 1.81. The van der Waals surface area contributed by atoms with Crippen molar-refractivity contribution in [2.45, 2.75) is 51.7 Å². The zero-order valence-corrected chi connectivity index (χ0v) is 11.6. The van der Waals surface area contributed by atoms with E-state index in [-0.39, 0.29) is 6.42 Å². The number of hydrogen-bond donors (Lipinski definition) is 2. The van der Waals surface area contributed by atoms with Crippen LogP contribution in [0.15, 0.2) is 23.8 Å². The van der Waals surface area contributed by atoms with Crippen LogP contribution in [0.4, 0.5) is 4.79 Å². The summed E-state index contributed by atoms with van der Waals surface area (Å²) in [4.78, 5) is 22.6. The summed E-state index contributed by atoms with van der Waals surface area (Å²) in [7, 11) is 0. The van der Waals surface area contributed by atoms with Crippen LogP contribution < -0.4 is 5.32 Å². The molecule has 106 valence electrons. The average Bonchev–Trinajstić information content (AvgIpc) is 2.26. The summed E-state index contributed by atoms with van der Waals surface area (Å²) in [6.07, 6.45) is 6.63. The van der Waals surface area contributed by atoms with E-state index in [1.54, 1.807) is 20.8 Å². The molecule has 1 rings (SSSR count). The molecule has 0 fully saturated rings. The highest BCUT2D eigenvalue weighted by molar-refractivity contribution is 5.72. The Morgan fingerprint density at radius 1 is 1.47 bits per heavy atom. The smallest absolute Gasteiger partial charge is 0.408 e. The van der Waals surface area contributed by atoms with Gasteiger partial charge in [0.25, 0.3) is 0 Å². The molecule has 0 aromatic carbocycles. The largest absolute Gasteiger partial charge is 0.481 e. The number of ether oxygens (including phenoxy) is 1. The van der Waals surface area contributed by atoms with Crippen LogP contribution in [0, 0.1) is 0 Å². The van der Waals surface area contributed by atoms with Gasteiger partial charge in [-0.15, -0.1) is 0 Å². The van der Waals surface area contributed by atoms with Gasteiger partial charge in [0.2, 0.25) is 0 Å². The Morgan fingerprint density at radius 3 is 2.63 bits per heavy atom. The molecule has 2 N–H and O–H groups in total. The average molecular weight is 267 g/mol. The van der Waals surface area contributed by atoms with Crippen LogP contribution in [-0.4, -0.2) is 28.8 Å². The number of alkyl carbamates (subject to hydrolysis) is 1. The molecule has 0 heterocycles. The molecular weight excluding hydrogens is 246 g/mol. The van der Waals surface area contributed by atoms with Crippen molar-refractivity contribution in [3.63, 3.8) is 0 Å². The fraction of sp³-hybridized carbons (Fsp3) is 0.571. The Hall–Kier alpha value is -1.78. The molecule has 19 heavy (non-hydrogen) atoms. The van der Waals surface area contributed by atoms with Gasteiger partial charge in [-0.2, -0.15) is 0 Å². The summed E-state index contributed by atoms with van der Waals surface area (Å²) in [6, 6.07) is -0.516. The van der Waals surface area contributed by atoms with Crippen LogP contribution in [0.2, 0.25) is 0 Å². The van der Waals surface area contributed by atoms with E-state index >= 15 is 0 Å². The lowest BCUT2D eigenvalue weighted by Crippen LogP contribution is -2.41. The summed E-state index contributed by atoms with van der Waals surface area (Å²) < 4.78 is 5.15. The van der Waals surface area contributed by atoms with Crippen molar-refractivity contribution in [3.8, 4) is 0 Å². The maximum Gasteiger partial charge on any atom is 0.408 e. The first kappa shape index (κ1) is 15.3. The zero-order valence-electron chi connectivity index (χ0n) is 11.6. The van der Waals surface area contributed by atoms with Crippen LogP contribution in [0.5, 0.6) is 0 Å². The first-order chi connectivity index (χ1) is 8.78. The molecule has 0 aliphatic heterocycles. The minimum absolute atomic E-state index is 0.140. The molecule has 1 aliphatic rings. The van der Waals surface area contributed by atoms with E-state index in [0.717, 1.165) is 18.4 Å². The van der Waals surface area contributed by atoms with Crippen LogP contribution in [0.1, 0.15) is 40.0 Å². The molecule has 0 saturated carbocycles. The predicted octanol–water partition coefficient (Wildman–Crippen LogP) is 2.63. The Kier molecular flexibility index (Phi) is 5.15. The highest BCUT2D eigenvalue weighted by Crippen LogP contribution is 2.18. The lowest BCUT2D eigenvalue weighted by Gasteiger charge is -2.25. The molecule has 5 nitrogen and oxygen atoms in total. The van der Waals surface area contributed by atoms with Gasteiger partial charge in [0.1, 0.15) is 5.60 Å². The minimum Gasteiger partial charge on any atom is -0.481 e. The molecule has 1 aliphatic carbocycles. The van der Waals surface area contributed by atoms with Crippen molar-refractivity contribution >= 4 is 12.1 Å². The topological polar surface area (TPSA) is 75.6 Å². The van der Waals surface area contributed by atoms with Crippen molar-refractivity contribution < 1.29 is 19.4 Å². The van der Waals surface area contributed by atoms with Gasteiger partial charge in [-0.3, -0.25) is 4.79 Å². The molecule has 5 heteroatoms. The minimum atomic E-state index is -0.948. The van der Waals surface area contributed by atoms with Crippen LogP contribution in [0.3, 0.4) is 0 Å². The quantitative estimate of drug-likeness (QED) is 0.821. The molecular formula is C14H21NO4. The van der Waals surface area contributed by atoms with Gasteiger partial charge >= 0.3 is 12.1 Å². The van der Waals surface area contributed by atoms with Crippen LogP contribution in [-0.2, 0) is 9.53 Å². The van der Waals surface area contributed by atoms with E-state index < -0.39 is 23.7 Å². The summed E-state index contributed by atoms with van der Waals surface area (Å²) in [6.45, 7) is 5.30. The number of nitrogens with one attached hydrogen (secondary N) is 1. The Bertz CT molecular complexity index is 404. The predicted molar refractivity (Wildman–Crippen MR) is 71.9 cm³/mol. The first-order valence-corrected chi connectivity index (χ1v) is 6.35. The van der Waals surface area contributed by atoms with E-state index in [1.165, 1.54) is 0 Å². The fourth-order valence-corrected chi connectivity index (χ4v) is 1.81. The summed E-state index contributed by atoms with van der Waals surface area (Å²) in [5, 5.41) is 11.6. The molecule has 0 radical (unpaired) electrons. The first-order valence-electron chi connectivity index (χ1n) is 6.35. The second kappa shape index (κ2) is 6.41. The van der Waals surface area contributed by atoms with Gasteiger partial charge in [-0.1, -0.05) is 18.2 Å². The third-order valence-corrected chi connectivity index (χ3v) is 2.56. The number of rotatable bonds is 4. The number of allylic oxidation sites excluding steroid dienone is 3. The highest BCUT2D eigenvalue weighted by Gasteiger charge is 2.23. The SMILES string of the molecule is CC(C)(C)OC(=O)N[C@H](CC(=O)O)C1=CC=CCC1. The van der Waals surface area contributed by atoms with Gasteiger partial charge in [-0.25, -0.2) is 4.79 Å². The Labute approximate surface area is 113 Å². The number of aliphatic carboxylic acids is 1. The molecule has 0 aromatic rings. The summed E-state index contributed by atoms with van der Waals surface area (Å²) in [5.41, 5.74) is 0.314. The number of carboxylic acid groups (broad SMARTS) is 1.